The number of phenolic OH excluding ortho intramolecular Hbond substituents is 1. The molecule has 4 aromatic rings. The first-order valence-electron chi connectivity index (χ1n) is 23.1. The summed E-state index contributed by atoms with van der Waals surface area (Å²) in [6.07, 6.45) is -0.856. The Bertz CT molecular complexity index is 2380. The van der Waals surface area contributed by atoms with E-state index in [0.717, 1.165) is 21.9 Å². The van der Waals surface area contributed by atoms with Crippen LogP contribution < -0.4 is 38.1 Å². The zero-order chi connectivity index (χ0) is 50.0. The molecule has 1 saturated heterocycles. The largest absolute Gasteiger partial charge is 0.508 e. The van der Waals surface area contributed by atoms with Gasteiger partial charge in [0.25, 0.3) is 0 Å². The van der Waals surface area contributed by atoms with Gasteiger partial charge in [0.05, 0.1) is 24.9 Å². The van der Waals surface area contributed by atoms with Gasteiger partial charge >= 0.3 is 5.97 Å². The lowest BCUT2D eigenvalue weighted by atomic mass is 9.98. The molecular weight excluding hydrogens is 889 g/mol. The van der Waals surface area contributed by atoms with Crippen molar-refractivity contribution >= 4 is 52.2 Å². The molecule has 8 atom stereocenters. The minimum Gasteiger partial charge on any atom is -0.508 e. The van der Waals surface area contributed by atoms with Crippen molar-refractivity contribution in [2.45, 2.75) is 114 Å². The fourth-order valence-corrected chi connectivity index (χ4v) is 8.13. The monoisotopic (exact) mass is 952 g/mol. The van der Waals surface area contributed by atoms with Crippen LogP contribution in [0.2, 0.25) is 0 Å². The third kappa shape index (κ3) is 15.5. The number of aromatic hydroxyl groups is 1. The number of nitrogens with zero attached hydrogens (tertiary/aromatic N) is 1. The Morgan fingerprint density at radius 2 is 1.41 bits per heavy atom. The molecule has 1 fully saturated rings. The van der Waals surface area contributed by atoms with E-state index in [1.54, 1.807) is 19.1 Å². The Kier molecular flexibility index (Phi) is 20.0. The summed E-state index contributed by atoms with van der Waals surface area (Å²) in [7, 11) is 0. The van der Waals surface area contributed by atoms with Crippen LogP contribution in [0.15, 0.2) is 97.1 Å². The van der Waals surface area contributed by atoms with Crippen LogP contribution in [0.3, 0.4) is 0 Å². The zero-order valence-electron chi connectivity index (χ0n) is 38.8. The van der Waals surface area contributed by atoms with Gasteiger partial charge in [-0.05, 0) is 98.5 Å². The van der Waals surface area contributed by atoms with Gasteiger partial charge in [0.2, 0.25) is 35.4 Å². The molecule has 6 amide bonds. The number of unbranched alkanes of at least 4 members (excludes halogenated alkanes) is 1. The maximum Gasteiger partial charge on any atom is 0.322 e. The lowest BCUT2D eigenvalue weighted by molar-refractivity contribution is -0.145. The zero-order valence-corrected chi connectivity index (χ0v) is 38.8. The number of carbonyl (C=O) groups is 7. The summed E-state index contributed by atoms with van der Waals surface area (Å²) in [6, 6.07) is 20.6. The fourth-order valence-electron chi connectivity index (χ4n) is 8.13. The summed E-state index contributed by atoms with van der Waals surface area (Å²) in [4.78, 5) is 96.2. The number of nitrogens with two attached hydrogens (primary N) is 2. The number of hydrogen-bond donors (Lipinski definition) is 10. The van der Waals surface area contributed by atoms with Gasteiger partial charge in [0.1, 0.15) is 42.5 Å². The van der Waals surface area contributed by atoms with E-state index in [-0.39, 0.29) is 44.6 Å². The second-order valence-electron chi connectivity index (χ2n) is 17.2. The van der Waals surface area contributed by atoms with E-state index < -0.39 is 96.4 Å². The Balaban J connectivity index is 1.30. The highest BCUT2D eigenvalue weighted by molar-refractivity contribution is 5.97. The number of ether oxygens (including phenoxy) is 1. The number of likely N-dealkylation sites (tertiary alicyclic amines) is 1. The molecule has 0 saturated carbocycles. The van der Waals surface area contributed by atoms with E-state index in [2.05, 4.69) is 26.6 Å². The fraction of sp³-hybridized carbons (Fsp3) is 0.420. The summed E-state index contributed by atoms with van der Waals surface area (Å²) in [5.41, 5.74) is 14.3. The van der Waals surface area contributed by atoms with Gasteiger partial charge in [0, 0.05) is 13.0 Å². The van der Waals surface area contributed by atoms with Crippen molar-refractivity contribution in [3.63, 3.8) is 0 Å². The molecule has 0 radical (unpaired) electrons. The number of aliphatic carboxylic acids is 1. The van der Waals surface area contributed by atoms with Crippen LogP contribution in [0.1, 0.15) is 62.6 Å². The van der Waals surface area contributed by atoms with Crippen LogP contribution >= 0.6 is 0 Å². The SMILES string of the molecule is C[C@@H](O)[C@H](NC(=O)[C@H](Cc1ccc(O)cc1)NC(=O)[C@@H](N)Cc1cccc2ccccc12)C(=O)N1CCC[C@H]1C(=O)N[C@@H](CCCCN)C(=O)N[C@H](C(=O)NCC(=O)O)[C@@H](C)OCc1ccccc1. The van der Waals surface area contributed by atoms with Crippen LogP contribution in [0.25, 0.3) is 10.8 Å². The van der Waals surface area contributed by atoms with E-state index >= 15 is 0 Å². The maximum atomic E-state index is 14.3. The maximum absolute atomic E-state index is 14.3. The standard InChI is InChI=1S/C50H64N8O11/c1-30(59)43(56-47(65)40(26-32-20-22-36(60)23-21-32)55-45(63)38(52)27-35-16-10-15-34-14-6-7-17-37(34)35)50(68)58-25-11-19-41(58)48(66)54-39(18-8-9-24-51)46(64)57-44(49(67)53-28-42(61)62)31(2)69-29-33-12-4-3-5-13-33/h3-7,10,12-17,20-23,30-31,38-41,43-44,59-60H,8-9,11,18-19,24-29,51-52H2,1-2H3,(H,53,67)(H,54,66)(H,55,63)(H,56,65)(H,57,64)(H,61,62)/t30-,31-,38+,39+,40+,41+,43+,44+/m1/s1. The van der Waals surface area contributed by atoms with Gasteiger partial charge in [-0.25, -0.2) is 0 Å². The first kappa shape index (κ1) is 53.0. The van der Waals surface area contributed by atoms with Crippen molar-refractivity contribution in [1.29, 1.82) is 0 Å². The number of amides is 6. The van der Waals surface area contributed by atoms with Gasteiger partial charge in [0.15, 0.2) is 0 Å². The van der Waals surface area contributed by atoms with Crippen molar-refractivity contribution in [1.82, 2.24) is 31.5 Å². The van der Waals surface area contributed by atoms with Gasteiger partial charge in [-0.2, -0.15) is 0 Å². The second kappa shape index (κ2) is 26.0. The number of phenols is 1. The number of fused-ring (bicyclic) bond motifs is 1. The summed E-state index contributed by atoms with van der Waals surface area (Å²) >= 11 is 0. The van der Waals surface area contributed by atoms with Crippen LogP contribution in [-0.4, -0.2) is 130 Å². The second-order valence-corrected chi connectivity index (χ2v) is 17.2. The Morgan fingerprint density at radius 3 is 2.10 bits per heavy atom. The van der Waals surface area contributed by atoms with E-state index in [1.165, 1.54) is 24.0 Å². The van der Waals surface area contributed by atoms with Crippen molar-refractivity contribution in [2.24, 2.45) is 11.5 Å². The molecule has 0 aliphatic carbocycles. The number of nitrogens with one attached hydrogen (secondary N) is 5. The van der Waals surface area contributed by atoms with Crippen LogP contribution in [0, 0.1) is 0 Å². The minimum atomic E-state index is -1.58. The van der Waals surface area contributed by atoms with Crippen molar-refractivity contribution in [2.75, 3.05) is 19.6 Å². The van der Waals surface area contributed by atoms with Crippen molar-refractivity contribution in [3.05, 3.63) is 114 Å². The predicted molar refractivity (Wildman–Crippen MR) is 256 cm³/mol. The highest BCUT2D eigenvalue weighted by Gasteiger charge is 2.41. The molecule has 0 aromatic heterocycles. The highest BCUT2D eigenvalue weighted by atomic mass is 16.5. The first-order chi connectivity index (χ1) is 33.1. The van der Waals surface area contributed by atoms with Crippen molar-refractivity contribution in [3.8, 4) is 5.75 Å². The third-order valence-electron chi connectivity index (χ3n) is 11.9. The Hall–Kier alpha value is -6.93. The van der Waals surface area contributed by atoms with Gasteiger partial charge in [-0.1, -0.05) is 84.9 Å². The minimum absolute atomic E-state index is 0.0179. The quantitative estimate of drug-likeness (QED) is 0.0414. The number of aliphatic hydroxyl groups excluding tert-OH is 1. The van der Waals surface area contributed by atoms with E-state index in [4.69, 9.17) is 16.2 Å². The third-order valence-corrected chi connectivity index (χ3v) is 11.9. The molecule has 19 heteroatoms. The number of carboxylic acids is 1. The number of benzene rings is 4. The summed E-state index contributed by atoms with van der Waals surface area (Å²) in [6.45, 7) is 2.56. The lowest BCUT2D eigenvalue weighted by Crippen LogP contribution is -2.62. The molecule has 370 valence electrons. The van der Waals surface area contributed by atoms with E-state index in [0.29, 0.717) is 31.4 Å². The van der Waals surface area contributed by atoms with Gasteiger partial charge in [-0.15, -0.1) is 0 Å². The topological polar surface area (TPSA) is 305 Å². The molecule has 0 bridgehead atoms. The first-order valence-corrected chi connectivity index (χ1v) is 23.1. The van der Waals surface area contributed by atoms with Crippen LogP contribution in [0.5, 0.6) is 5.75 Å². The smallest absolute Gasteiger partial charge is 0.322 e. The molecular formula is C50H64N8O11. The number of aliphatic hydroxyl groups is 1. The predicted octanol–water partition coefficient (Wildman–Crippen LogP) is 0.904. The van der Waals surface area contributed by atoms with E-state index in [9.17, 15) is 48.9 Å². The van der Waals surface area contributed by atoms with Crippen LogP contribution in [0.4, 0.5) is 0 Å². The number of carboxylic acid groups (broad SMARTS) is 1. The van der Waals surface area contributed by atoms with Crippen molar-refractivity contribution < 1.29 is 53.6 Å². The van der Waals surface area contributed by atoms with Crippen LogP contribution in [-0.2, 0) is 57.7 Å². The molecule has 1 aliphatic rings. The highest BCUT2D eigenvalue weighted by Crippen LogP contribution is 2.22. The number of carbonyl (C=O) groups excluding carboxylic acids is 6. The molecule has 5 rings (SSSR count). The Morgan fingerprint density at radius 1 is 0.739 bits per heavy atom. The molecule has 12 N–H and O–H groups in total. The molecule has 19 nitrogen and oxygen atoms in total. The molecule has 1 heterocycles. The number of rotatable bonds is 25. The normalized spacial score (nSPS) is 16.5. The molecule has 69 heavy (non-hydrogen) atoms. The average molecular weight is 953 g/mol. The van der Waals surface area contributed by atoms with E-state index in [1.807, 2.05) is 72.8 Å². The Labute approximate surface area is 400 Å². The molecule has 1 aliphatic heterocycles. The summed E-state index contributed by atoms with van der Waals surface area (Å²) < 4.78 is 5.92. The summed E-state index contributed by atoms with van der Waals surface area (Å²) in [5.74, 6) is -5.89. The van der Waals surface area contributed by atoms with Gasteiger partial charge < -0.3 is 63.0 Å². The molecule has 0 unspecified atom stereocenters. The molecule has 4 aromatic carbocycles. The summed E-state index contributed by atoms with van der Waals surface area (Å²) in [5, 5.41) is 44.9. The lowest BCUT2D eigenvalue weighted by Gasteiger charge is -2.32. The van der Waals surface area contributed by atoms with Gasteiger partial charge in [-0.3, -0.25) is 33.6 Å². The average Bonchev–Trinajstić information content (AvgIpc) is 3.84. The number of hydrogen-bond acceptors (Lipinski definition) is 12. The molecule has 0 spiro atoms.